The van der Waals surface area contributed by atoms with Crippen molar-refractivity contribution in [3.63, 3.8) is 0 Å². The molecule has 4 aromatic rings. The van der Waals surface area contributed by atoms with Gasteiger partial charge in [0.25, 0.3) is 0 Å². The first-order valence-electron chi connectivity index (χ1n) is 18.8. The molecule has 3 saturated carbocycles. The standard InChI is InChI=1S/2C19H19.C6H10.2ClH.Hf/c2*1-2-6-14(7-3-1)17-12-16-11-10-15-8-4-5-9-18(15)19(16)13-17;1-2-4-6-5-3-1;;;/h2*4-5,8-14H,1-3,6-7H2;1-2H,3-6H2;2*1H;/q;;;;;+2/p-2. The van der Waals surface area contributed by atoms with Gasteiger partial charge < -0.3 is 24.8 Å². The Labute approximate surface area is 299 Å². The third kappa shape index (κ3) is 4.90. The van der Waals surface area contributed by atoms with Crippen LogP contribution in [0.4, 0.5) is 0 Å². The largest absolute Gasteiger partial charge is 1.00 e. The predicted molar refractivity (Wildman–Crippen MR) is 188 cm³/mol. The molecule has 5 aliphatic carbocycles. The van der Waals surface area contributed by atoms with Gasteiger partial charge in [-0.3, -0.25) is 0 Å². The van der Waals surface area contributed by atoms with Crippen molar-refractivity contribution in [1.29, 1.82) is 0 Å². The van der Waals surface area contributed by atoms with Crippen molar-refractivity contribution in [2.75, 3.05) is 0 Å². The number of halogens is 2. The third-order valence-electron chi connectivity index (χ3n) is 14.0. The smallest absolute Gasteiger partial charge is 1.00 e. The molecule has 47 heavy (non-hydrogen) atoms. The van der Waals surface area contributed by atoms with Crippen LogP contribution in [0, 0.1) is 11.8 Å². The second-order valence-electron chi connectivity index (χ2n) is 15.9. The van der Waals surface area contributed by atoms with Gasteiger partial charge in [-0.25, -0.2) is 0 Å². The molecule has 0 spiro atoms. The SMILES string of the molecule is C1=C(C2CCCCC2)[CH]([Hf+2]2([CH]3C(C4CCCCC4)=Cc4c3ccc3ccccc43)[CH]3CCCC[CH]32)c2ccc3ccccc3c21.[Cl-].[Cl-]. The molecule has 4 fully saturated rings. The van der Waals surface area contributed by atoms with E-state index in [1.165, 1.54) is 98.6 Å². The van der Waals surface area contributed by atoms with Crippen molar-refractivity contribution < 1.29 is 44.8 Å². The van der Waals surface area contributed by atoms with Crippen molar-refractivity contribution in [1.82, 2.24) is 0 Å². The van der Waals surface area contributed by atoms with Gasteiger partial charge in [0, 0.05) is 0 Å². The molecule has 0 nitrogen and oxygen atoms in total. The Bertz CT molecular complexity index is 1740. The zero-order chi connectivity index (χ0) is 29.5. The minimum Gasteiger partial charge on any atom is -1.00 e. The van der Waals surface area contributed by atoms with Crippen LogP contribution in [0.1, 0.15) is 119 Å². The van der Waals surface area contributed by atoms with Crippen molar-refractivity contribution in [3.8, 4) is 0 Å². The fourth-order valence-electron chi connectivity index (χ4n) is 12.2. The van der Waals surface area contributed by atoms with Crippen molar-refractivity contribution >= 4 is 33.7 Å². The molecule has 1 aliphatic heterocycles. The average Bonchev–Trinajstić information content (AvgIpc) is 3.38. The first-order valence-corrected chi connectivity index (χ1v) is 27.1. The molecule has 0 bridgehead atoms. The Kier molecular flexibility index (Phi) is 8.93. The minimum atomic E-state index is -3.22. The number of benzene rings is 4. The molecule has 1 saturated heterocycles. The molecule has 0 radical (unpaired) electrons. The topological polar surface area (TPSA) is 0 Å². The fourth-order valence-corrected chi connectivity index (χ4v) is 47.9. The molecule has 0 aromatic heterocycles. The van der Waals surface area contributed by atoms with Gasteiger partial charge in [0.05, 0.1) is 0 Å². The maximum absolute atomic E-state index is 3.22. The summed E-state index contributed by atoms with van der Waals surface area (Å²) in [6.45, 7) is 0. The number of hydrogen-bond donors (Lipinski definition) is 0. The van der Waals surface area contributed by atoms with Crippen LogP contribution in [-0.2, 0) is 20.0 Å². The van der Waals surface area contributed by atoms with Crippen LogP contribution < -0.4 is 24.8 Å². The molecule has 242 valence electrons. The second-order valence-corrected chi connectivity index (χ2v) is 32.6. The molecule has 3 heteroatoms. The maximum Gasteiger partial charge on any atom is -1.00 e. The van der Waals surface area contributed by atoms with E-state index in [0.717, 1.165) is 26.5 Å². The Morgan fingerprint density at radius 2 is 0.830 bits per heavy atom. The zero-order valence-electron chi connectivity index (χ0n) is 27.7. The first kappa shape index (κ1) is 32.5. The van der Waals surface area contributed by atoms with Crippen LogP contribution in [0.2, 0.25) is 7.35 Å². The van der Waals surface area contributed by atoms with Crippen molar-refractivity contribution in [3.05, 3.63) is 106 Å². The van der Waals surface area contributed by atoms with E-state index in [-0.39, 0.29) is 24.8 Å². The summed E-state index contributed by atoms with van der Waals surface area (Å²) in [5.41, 5.74) is 10.8. The Morgan fingerprint density at radius 1 is 0.426 bits per heavy atom. The van der Waals surface area contributed by atoms with Crippen LogP contribution >= 0.6 is 0 Å². The van der Waals surface area contributed by atoms with Crippen LogP contribution in [0.25, 0.3) is 33.7 Å². The van der Waals surface area contributed by atoms with E-state index in [1.807, 2.05) is 11.1 Å². The summed E-state index contributed by atoms with van der Waals surface area (Å²) in [5.74, 6) is 1.63. The zero-order valence-corrected chi connectivity index (χ0v) is 32.8. The molecule has 0 N–H and O–H groups in total. The van der Waals surface area contributed by atoms with Crippen LogP contribution in [0.15, 0.2) is 83.9 Å². The van der Waals surface area contributed by atoms with Gasteiger partial charge in [0.1, 0.15) is 0 Å². The Hall–Kier alpha value is -1.67. The van der Waals surface area contributed by atoms with Gasteiger partial charge in [-0.2, -0.15) is 0 Å². The summed E-state index contributed by atoms with van der Waals surface area (Å²) in [6.07, 6.45) is 26.1. The van der Waals surface area contributed by atoms with Crippen LogP contribution in [0.5, 0.6) is 0 Å². The van der Waals surface area contributed by atoms with E-state index in [4.69, 9.17) is 0 Å². The number of allylic oxidation sites excluding steroid dienone is 2. The van der Waals surface area contributed by atoms with E-state index < -0.39 is 20.0 Å². The minimum absolute atomic E-state index is 0. The van der Waals surface area contributed by atoms with E-state index in [9.17, 15) is 0 Å². The van der Waals surface area contributed by atoms with Crippen molar-refractivity contribution in [2.24, 2.45) is 11.8 Å². The summed E-state index contributed by atoms with van der Waals surface area (Å²) < 4.78 is 3.75. The normalized spacial score (nSPS) is 28.7. The fraction of sp³-hybridized carbons (Fsp3) is 0.455. The van der Waals surface area contributed by atoms with E-state index in [1.54, 1.807) is 35.1 Å². The first-order chi connectivity index (χ1) is 22.3. The van der Waals surface area contributed by atoms with Gasteiger partial charge in [0.2, 0.25) is 0 Å². The summed E-state index contributed by atoms with van der Waals surface area (Å²) >= 11 is -3.22. The van der Waals surface area contributed by atoms with Gasteiger partial charge in [0.15, 0.2) is 0 Å². The molecule has 4 aromatic carbocycles. The average molecular weight is 826 g/mol. The monoisotopic (exact) mass is 826 g/mol. The maximum atomic E-state index is 2.84. The molecule has 4 unspecified atom stereocenters. The summed E-state index contributed by atoms with van der Waals surface area (Å²) in [5, 5.41) is 5.93. The van der Waals surface area contributed by atoms with E-state index in [2.05, 4.69) is 84.9 Å². The number of hydrogen-bond acceptors (Lipinski definition) is 0. The molecule has 6 aliphatic rings. The molecule has 0 amide bonds. The number of rotatable bonds is 4. The molecule has 1 heterocycles. The summed E-state index contributed by atoms with van der Waals surface area (Å²) in [6, 6.07) is 29.0. The quantitative estimate of drug-likeness (QED) is 0.194. The van der Waals surface area contributed by atoms with Gasteiger partial charge in [-0.15, -0.1) is 0 Å². The molecule has 10 rings (SSSR count). The molecular formula is C44H48Cl2Hf. The molecular weight excluding hydrogens is 778 g/mol. The van der Waals surface area contributed by atoms with Gasteiger partial charge >= 0.3 is 276 Å². The second kappa shape index (κ2) is 12.9. The predicted octanol–water partition coefficient (Wildman–Crippen LogP) is 7.06. The Morgan fingerprint density at radius 3 is 1.28 bits per heavy atom. The Balaban J connectivity index is 0.00000162. The van der Waals surface area contributed by atoms with Crippen molar-refractivity contribution in [2.45, 2.75) is 105 Å². The third-order valence-corrected chi connectivity index (χ3v) is 38.6. The van der Waals surface area contributed by atoms with Crippen LogP contribution in [-0.4, -0.2) is 0 Å². The van der Waals surface area contributed by atoms with Gasteiger partial charge in [-0.05, 0) is 0 Å². The summed E-state index contributed by atoms with van der Waals surface area (Å²) in [7, 11) is 0. The number of fused-ring (bicyclic) bond motifs is 7. The van der Waals surface area contributed by atoms with Gasteiger partial charge in [-0.1, -0.05) is 0 Å². The van der Waals surface area contributed by atoms with E-state index in [0.29, 0.717) is 0 Å². The van der Waals surface area contributed by atoms with E-state index >= 15 is 0 Å². The van der Waals surface area contributed by atoms with Crippen LogP contribution in [0.3, 0.4) is 0 Å². The molecule has 4 atom stereocenters. The summed E-state index contributed by atoms with van der Waals surface area (Å²) in [4.78, 5) is 0.